The van der Waals surface area contributed by atoms with Crippen molar-refractivity contribution in [1.29, 1.82) is 0 Å². The number of fused-ring (bicyclic) bond motifs is 3. The highest BCUT2D eigenvalue weighted by Crippen LogP contribution is 2.32. The smallest absolute Gasteiger partial charge is 0.335 e. The monoisotopic (exact) mass is 362 g/mol. The van der Waals surface area contributed by atoms with Crippen LogP contribution >= 0.6 is 11.3 Å². The van der Waals surface area contributed by atoms with Crippen LogP contribution in [0.3, 0.4) is 0 Å². The predicted octanol–water partition coefficient (Wildman–Crippen LogP) is 2.67. The molecule has 1 aromatic carbocycles. The Kier molecular flexibility index (Phi) is 3.48. The Morgan fingerprint density at radius 1 is 1.29 bits per heavy atom. The van der Waals surface area contributed by atoms with E-state index in [1.54, 1.807) is 35.7 Å². The summed E-state index contributed by atoms with van der Waals surface area (Å²) in [4.78, 5) is 14.5. The molecule has 0 atom stereocenters. The molecule has 4 rings (SSSR count). The van der Waals surface area contributed by atoms with E-state index in [-0.39, 0.29) is 12.1 Å². The number of rotatable bonds is 3. The molecule has 0 fully saturated rings. The maximum absolute atomic E-state index is 12.7. The lowest BCUT2D eigenvalue weighted by atomic mass is 10.0. The summed E-state index contributed by atoms with van der Waals surface area (Å²) in [6.45, 7) is 0.657. The molecule has 3 aromatic rings. The van der Waals surface area contributed by atoms with Crippen molar-refractivity contribution in [2.24, 2.45) is 0 Å². The van der Waals surface area contributed by atoms with E-state index in [0.717, 1.165) is 22.2 Å². The molecule has 0 saturated heterocycles. The van der Waals surface area contributed by atoms with Crippen LogP contribution in [-0.4, -0.2) is 35.3 Å². The second-order valence-electron chi connectivity index (χ2n) is 5.67. The topological polar surface area (TPSA) is 90.5 Å². The zero-order valence-corrected chi connectivity index (χ0v) is 14.2. The number of thiophene rings is 1. The van der Waals surface area contributed by atoms with E-state index in [1.807, 2.05) is 0 Å². The Morgan fingerprint density at radius 2 is 2.12 bits per heavy atom. The first-order valence-corrected chi connectivity index (χ1v) is 9.69. The minimum atomic E-state index is -3.51. The van der Waals surface area contributed by atoms with Crippen LogP contribution in [0, 0.1) is 0 Å². The van der Waals surface area contributed by atoms with Gasteiger partial charge in [-0.3, -0.25) is 0 Å². The van der Waals surface area contributed by atoms with E-state index in [9.17, 15) is 18.3 Å². The van der Waals surface area contributed by atoms with Crippen LogP contribution < -0.4 is 0 Å². The maximum atomic E-state index is 12.7. The third-order valence-electron chi connectivity index (χ3n) is 4.28. The number of benzene rings is 1. The van der Waals surface area contributed by atoms with Crippen LogP contribution in [-0.2, 0) is 23.0 Å². The molecular weight excluding hydrogens is 348 g/mol. The molecule has 0 radical (unpaired) electrons. The Hall–Kier alpha value is -2.16. The Balaban J connectivity index is 1.78. The van der Waals surface area contributed by atoms with Crippen LogP contribution in [0.15, 0.2) is 39.9 Å². The lowest BCUT2D eigenvalue weighted by Gasteiger charge is -2.25. The van der Waals surface area contributed by atoms with Crippen LogP contribution in [0.4, 0.5) is 0 Å². The van der Waals surface area contributed by atoms with Gasteiger partial charge in [0.25, 0.3) is 10.0 Å². The first-order chi connectivity index (χ1) is 11.5. The molecule has 0 amide bonds. The van der Waals surface area contributed by atoms with Crippen molar-refractivity contribution in [2.75, 3.05) is 6.54 Å². The summed E-state index contributed by atoms with van der Waals surface area (Å²) in [7, 11) is -3.51. The average molecular weight is 362 g/mol. The normalized spacial score (nSPS) is 15.5. The Labute approximate surface area is 142 Å². The first-order valence-electron chi connectivity index (χ1n) is 7.37. The molecule has 0 bridgehead atoms. The van der Waals surface area contributed by atoms with Crippen molar-refractivity contribution in [3.63, 3.8) is 0 Å². The largest absolute Gasteiger partial charge is 0.478 e. The summed E-state index contributed by atoms with van der Waals surface area (Å²) >= 11 is 1.20. The van der Waals surface area contributed by atoms with Crippen molar-refractivity contribution in [1.82, 2.24) is 9.29 Å². The first kappa shape index (κ1) is 15.4. The quantitative estimate of drug-likeness (QED) is 0.749. The standard InChI is InChI=1S/C16H14N2O4S2/c19-16(20)10-3-4-13-11(8-10)12-9-18(6-5-14(12)17-13)24(21,22)15-2-1-7-23-15/h1-4,7-8,17H,5-6,9H2,(H,19,20). The highest BCUT2D eigenvalue weighted by atomic mass is 32.2. The fourth-order valence-electron chi connectivity index (χ4n) is 3.07. The number of carboxylic acids is 1. The van der Waals surface area contributed by atoms with Gasteiger partial charge in [-0.2, -0.15) is 4.31 Å². The predicted molar refractivity (Wildman–Crippen MR) is 90.9 cm³/mol. The van der Waals surface area contributed by atoms with Crippen LogP contribution in [0.1, 0.15) is 21.6 Å². The van der Waals surface area contributed by atoms with Gasteiger partial charge in [0.15, 0.2) is 0 Å². The molecule has 124 valence electrons. The lowest BCUT2D eigenvalue weighted by Crippen LogP contribution is -2.35. The van der Waals surface area contributed by atoms with Crippen LogP contribution in [0.5, 0.6) is 0 Å². The Morgan fingerprint density at radius 3 is 2.83 bits per heavy atom. The number of H-pyrrole nitrogens is 1. The number of carboxylic acid groups (broad SMARTS) is 1. The summed E-state index contributed by atoms with van der Waals surface area (Å²) < 4.78 is 27.2. The van der Waals surface area contributed by atoms with E-state index in [2.05, 4.69) is 4.98 Å². The van der Waals surface area contributed by atoms with Gasteiger partial charge in [-0.05, 0) is 35.2 Å². The molecule has 0 unspecified atom stereocenters. The van der Waals surface area contributed by atoms with Crippen LogP contribution in [0.25, 0.3) is 10.9 Å². The molecule has 3 heterocycles. The SMILES string of the molecule is O=C(O)c1ccc2[nH]c3c(c2c1)CN(S(=O)(=O)c1cccs1)CC3. The Bertz CT molecular complexity index is 1040. The number of aromatic amines is 1. The minimum absolute atomic E-state index is 0.197. The summed E-state index contributed by atoms with van der Waals surface area (Å²) in [5.74, 6) is -0.995. The average Bonchev–Trinajstić information content (AvgIpc) is 3.21. The second-order valence-corrected chi connectivity index (χ2v) is 8.78. The molecular formula is C16H14N2O4S2. The van der Waals surface area contributed by atoms with E-state index in [4.69, 9.17) is 0 Å². The second kappa shape index (κ2) is 5.44. The molecule has 2 aromatic heterocycles. The van der Waals surface area contributed by atoms with Gasteiger partial charge < -0.3 is 10.1 Å². The minimum Gasteiger partial charge on any atom is -0.478 e. The van der Waals surface area contributed by atoms with E-state index >= 15 is 0 Å². The molecule has 24 heavy (non-hydrogen) atoms. The van der Waals surface area contributed by atoms with E-state index in [1.165, 1.54) is 15.6 Å². The number of nitrogens with one attached hydrogen (secondary N) is 1. The highest BCUT2D eigenvalue weighted by molar-refractivity contribution is 7.91. The lowest BCUT2D eigenvalue weighted by molar-refractivity contribution is 0.0697. The van der Waals surface area contributed by atoms with Crippen LogP contribution in [0.2, 0.25) is 0 Å². The summed E-state index contributed by atoms with van der Waals surface area (Å²) in [6.07, 6.45) is 0.580. The van der Waals surface area contributed by atoms with Gasteiger partial charge in [-0.25, -0.2) is 13.2 Å². The van der Waals surface area contributed by atoms with Crippen molar-refractivity contribution in [3.05, 3.63) is 52.5 Å². The van der Waals surface area contributed by atoms with Gasteiger partial charge in [-0.15, -0.1) is 11.3 Å². The fourth-order valence-corrected chi connectivity index (χ4v) is 5.62. The zero-order chi connectivity index (χ0) is 16.9. The highest BCUT2D eigenvalue weighted by Gasteiger charge is 2.31. The maximum Gasteiger partial charge on any atom is 0.335 e. The number of hydrogen-bond acceptors (Lipinski definition) is 4. The molecule has 8 heteroatoms. The summed E-state index contributed by atoms with van der Waals surface area (Å²) in [5.41, 5.74) is 2.87. The number of carbonyl (C=O) groups is 1. The van der Waals surface area contributed by atoms with Gasteiger partial charge in [0, 0.05) is 36.1 Å². The number of aromatic nitrogens is 1. The molecule has 6 nitrogen and oxygen atoms in total. The molecule has 1 aliphatic rings. The van der Waals surface area contributed by atoms with Gasteiger partial charge in [-0.1, -0.05) is 6.07 Å². The van der Waals surface area contributed by atoms with Crippen molar-refractivity contribution in [3.8, 4) is 0 Å². The van der Waals surface area contributed by atoms with Gasteiger partial charge in [0.05, 0.1) is 5.56 Å². The van der Waals surface area contributed by atoms with E-state index < -0.39 is 16.0 Å². The zero-order valence-electron chi connectivity index (χ0n) is 12.5. The summed E-state index contributed by atoms with van der Waals surface area (Å²) in [6, 6.07) is 8.21. The van der Waals surface area contributed by atoms with Gasteiger partial charge >= 0.3 is 5.97 Å². The third-order valence-corrected chi connectivity index (χ3v) is 7.49. The molecule has 2 N–H and O–H groups in total. The van der Waals surface area contributed by atoms with E-state index in [0.29, 0.717) is 17.2 Å². The number of nitrogens with zero attached hydrogens (tertiary/aromatic N) is 1. The number of hydrogen-bond donors (Lipinski definition) is 2. The molecule has 0 saturated carbocycles. The van der Waals surface area contributed by atoms with Crippen molar-refractivity contribution >= 4 is 38.2 Å². The van der Waals surface area contributed by atoms with Gasteiger partial charge in [0.2, 0.25) is 0 Å². The molecule has 1 aliphatic heterocycles. The third kappa shape index (κ3) is 2.34. The van der Waals surface area contributed by atoms with Gasteiger partial charge in [0.1, 0.15) is 4.21 Å². The molecule has 0 aliphatic carbocycles. The fraction of sp³-hybridized carbons (Fsp3) is 0.188. The van der Waals surface area contributed by atoms with Crippen molar-refractivity contribution < 1.29 is 18.3 Å². The number of aromatic carboxylic acids is 1. The van der Waals surface area contributed by atoms with Crippen molar-refractivity contribution in [2.45, 2.75) is 17.2 Å². The molecule has 0 spiro atoms. The summed E-state index contributed by atoms with van der Waals surface area (Å²) in [5, 5.41) is 11.7. The number of sulfonamides is 1.